The number of nitrogens with zero attached hydrogens (tertiary/aromatic N) is 2. The number of rotatable bonds is 3. The lowest BCUT2D eigenvalue weighted by Crippen LogP contribution is -2.12. The molecule has 0 N–H and O–H groups in total. The van der Waals surface area contributed by atoms with Crippen LogP contribution in [0.4, 0.5) is 11.4 Å². The molecule has 0 amide bonds. The summed E-state index contributed by atoms with van der Waals surface area (Å²) >= 11 is 0. The Morgan fingerprint density at radius 1 is 1.00 bits per heavy atom. The molecule has 78 valence electrons. The van der Waals surface area contributed by atoms with Crippen molar-refractivity contribution in [3.05, 3.63) is 18.2 Å². The van der Waals surface area contributed by atoms with E-state index in [1.54, 1.807) is 7.11 Å². The van der Waals surface area contributed by atoms with E-state index in [0.717, 1.165) is 17.1 Å². The first-order chi connectivity index (χ1) is 6.56. The molecule has 0 unspecified atom stereocenters. The quantitative estimate of drug-likeness (QED) is 0.730. The van der Waals surface area contributed by atoms with Crippen LogP contribution in [0.3, 0.4) is 0 Å². The molecule has 0 aliphatic heterocycles. The second kappa shape index (κ2) is 4.22. The molecule has 0 fully saturated rings. The summed E-state index contributed by atoms with van der Waals surface area (Å²) in [6.45, 7) is 0. The van der Waals surface area contributed by atoms with Gasteiger partial charge in [0.15, 0.2) is 0 Å². The summed E-state index contributed by atoms with van der Waals surface area (Å²) in [6, 6.07) is 6.18. The Hall–Kier alpha value is -1.38. The van der Waals surface area contributed by atoms with Gasteiger partial charge in [0.2, 0.25) is 0 Å². The highest BCUT2D eigenvalue weighted by Crippen LogP contribution is 2.30. The molecule has 0 bridgehead atoms. The van der Waals surface area contributed by atoms with E-state index in [9.17, 15) is 0 Å². The maximum absolute atomic E-state index is 5.33. The van der Waals surface area contributed by atoms with E-state index in [-0.39, 0.29) is 0 Å². The molecule has 0 radical (unpaired) electrons. The van der Waals surface area contributed by atoms with E-state index in [0.29, 0.717) is 0 Å². The van der Waals surface area contributed by atoms with E-state index < -0.39 is 0 Å². The Bertz CT molecular complexity index is 308. The SMILES string of the molecule is COc1cc(N(C)C)ccc1N(C)C. The zero-order chi connectivity index (χ0) is 10.7. The second-order valence-electron chi connectivity index (χ2n) is 3.65. The van der Waals surface area contributed by atoms with Crippen LogP contribution in [-0.4, -0.2) is 35.3 Å². The topological polar surface area (TPSA) is 15.7 Å². The standard InChI is InChI=1S/C11H18N2O/c1-12(2)9-6-7-10(13(3)4)11(8-9)14-5/h6-8H,1-5H3. The maximum Gasteiger partial charge on any atom is 0.144 e. The highest BCUT2D eigenvalue weighted by Gasteiger charge is 2.06. The fraction of sp³-hybridized carbons (Fsp3) is 0.455. The molecule has 0 saturated heterocycles. The number of benzene rings is 1. The monoisotopic (exact) mass is 194 g/mol. The fourth-order valence-electron chi connectivity index (χ4n) is 1.31. The maximum atomic E-state index is 5.33. The normalized spacial score (nSPS) is 9.79. The number of anilines is 2. The third kappa shape index (κ3) is 2.10. The first-order valence-corrected chi connectivity index (χ1v) is 4.59. The Kier molecular flexibility index (Phi) is 3.23. The van der Waals surface area contributed by atoms with Crippen molar-refractivity contribution in [1.82, 2.24) is 0 Å². The molecular weight excluding hydrogens is 176 g/mol. The van der Waals surface area contributed by atoms with Crippen LogP contribution in [-0.2, 0) is 0 Å². The summed E-state index contributed by atoms with van der Waals surface area (Å²) in [7, 11) is 9.75. The van der Waals surface area contributed by atoms with Crippen molar-refractivity contribution < 1.29 is 4.74 Å². The van der Waals surface area contributed by atoms with Crippen LogP contribution in [0, 0.1) is 0 Å². The Labute approximate surface area is 85.9 Å². The molecule has 0 aromatic heterocycles. The zero-order valence-electron chi connectivity index (χ0n) is 9.53. The minimum atomic E-state index is 0.904. The predicted molar refractivity (Wildman–Crippen MR) is 61.6 cm³/mol. The summed E-state index contributed by atoms with van der Waals surface area (Å²) in [6.07, 6.45) is 0. The van der Waals surface area contributed by atoms with Crippen molar-refractivity contribution in [2.75, 3.05) is 45.1 Å². The van der Waals surface area contributed by atoms with Gasteiger partial charge in [0.1, 0.15) is 5.75 Å². The molecule has 0 aliphatic rings. The molecule has 1 rings (SSSR count). The van der Waals surface area contributed by atoms with Gasteiger partial charge >= 0.3 is 0 Å². The van der Waals surface area contributed by atoms with E-state index >= 15 is 0 Å². The lowest BCUT2D eigenvalue weighted by Gasteiger charge is -2.19. The molecule has 14 heavy (non-hydrogen) atoms. The van der Waals surface area contributed by atoms with Crippen molar-refractivity contribution in [2.45, 2.75) is 0 Å². The third-order valence-electron chi connectivity index (χ3n) is 2.16. The zero-order valence-corrected chi connectivity index (χ0v) is 9.53. The Morgan fingerprint density at radius 3 is 2.07 bits per heavy atom. The Balaban J connectivity index is 3.11. The van der Waals surface area contributed by atoms with Crippen LogP contribution in [0.2, 0.25) is 0 Å². The lowest BCUT2D eigenvalue weighted by molar-refractivity contribution is 0.415. The summed E-state index contributed by atoms with van der Waals surface area (Å²) in [5.41, 5.74) is 2.24. The van der Waals surface area contributed by atoms with Crippen LogP contribution in [0.5, 0.6) is 5.75 Å². The van der Waals surface area contributed by atoms with Crippen LogP contribution < -0.4 is 14.5 Å². The van der Waals surface area contributed by atoms with Crippen molar-refractivity contribution in [3.63, 3.8) is 0 Å². The van der Waals surface area contributed by atoms with Gasteiger partial charge in [-0.15, -0.1) is 0 Å². The summed E-state index contributed by atoms with van der Waals surface area (Å²) in [5.74, 6) is 0.904. The van der Waals surface area contributed by atoms with Crippen molar-refractivity contribution in [1.29, 1.82) is 0 Å². The summed E-state index contributed by atoms with van der Waals surface area (Å²) in [5, 5.41) is 0. The van der Waals surface area contributed by atoms with Crippen molar-refractivity contribution in [2.24, 2.45) is 0 Å². The van der Waals surface area contributed by atoms with Crippen molar-refractivity contribution in [3.8, 4) is 5.75 Å². The van der Waals surface area contributed by atoms with Crippen molar-refractivity contribution >= 4 is 11.4 Å². The molecule has 1 aromatic carbocycles. The van der Waals surface area contributed by atoms with Gasteiger partial charge in [0.25, 0.3) is 0 Å². The molecular formula is C11H18N2O. The minimum Gasteiger partial charge on any atom is -0.495 e. The van der Waals surface area contributed by atoms with Gasteiger partial charge in [-0.2, -0.15) is 0 Å². The van der Waals surface area contributed by atoms with E-state index in [1.165, 1.54) is 0 Å². The molecule has 0 saturated carbocycles. The van der Waals surface area contributed by atoms with Crippen LogP contribution in [0.15, 0.2) is 18.2 Å². The van der Waals surface area contributed by atoms with E-state index in [4.69, 9.17) is 4.74 Å². The summed E-state index contributed by atoms with van der Waals surface area (Å²) < 4.78 is 5.33. The number of ether oxygens (including phenoxy) is 1. The van der Waals surface area contributed by atoms with Gasteiger partial charge in [0.05, 0.1) is 12.8 Å². The average molecular weight is 194 g/mol. The molecule has 0 heterocycles. The van der Waals surface area contributed by atoms with Gasteiger partial charge in [-0.3, -0.25) is 0 Å². The number of hydrogen-bond acceptors (Lipinski definition) is 3. The number of hydrogen-bond donors (Lipinski definition) is 0. The molecule has 0 atom stereocenters. The average Bonchev–Trinajstić information content (AvgIpc) is 2.16. The van der Waals surface area contributed by atoms with Gasteiger partial charge in [-0.1, -0.05) is 0 Å². The molecule has 1 aromatic rings. The van der Waals surface area contributed by atoms with Gasteiger partial charge in [-0.25, -0.2) is 0 Å². The molecule has 3 nitrogen and oxygen atoms in total. The fourth-order valence-corrected chi connectivity index (χ4v) is 1.31. The van der Waals surface area contributed by atoms with Gasteiger partial charge in [-0.05, 0) is 12.1 Å². The molecule has 3 heteroatoms. The van der Waals surface area contributed by atoms with Crippen LogP contribution in [0.1, 0.15) is 0 Å². The number of methoxy groups -OCH3 is 1. The van der Waals surface area contributed by atoms with Crippen LogP contribution >= 0.6 is 0 Å². The smallest absolute Gasteiger partial charge is 0.144 e. The first-order valence-electron chi connectivity index (χ1n) is 4.59. The highest BCUT2D eigenvalue weighted by molar-refractivity contribution is 5.64. The first kappa shape index (κ1) is 10.7. The van der Waals surface area contributed by atoms with Gasteiger partial charge in [0, 0.05) is 39.9 Å². The molecule has 0 spiro atoms. The van der Waals surface area contributed by atoms with E-state index in [2.05, 4.69) is 17.0 Å². The molecule has 0 aliphatic carbocycles. The lowest BCUT2D eigenvalue weighted by atomic mass is 10.2. The third-order valence-corrected chi connectivity index (χ3v) is 2.16. The van der Waals surface area contributed by atoms with Crippen LogP contribution in [0.25, 0.3) is 0 Å². The minimum absolute atomic E-state index is 0.904. The van der Waals surface area contributed by atoms with E-state index in [1.807, 2.05) is 39.2 Å². The largest absolute Gasteiger partial charge is 0.495 e. The Morgan fingerprint density at radius 2 is 1.64 bits per heavy atom. The summed E-state index contributed by atoms with van der Waals surface area (Å²) in [4.78, 5) is 4.10. The predicted octanol–water partition coefficient (Wildman–Crippen LogP) is 1.83. The second-order valence-corrected chi connectivity index (χ2v) is 3.65. The highest BCUT2D eigenvalue weighted by atomic mass is 16.5. The van der Waals surface area contributed by atoms with Gasteiger partial charge < -0.3 is 14.5 Å².